The van der Waals surface area contributed by atoms with Crippen molar-refractivity contribution in [2.45, 2.75) is 11.3 Å². The van der Waals surface area contributed by atoms with Crippen molar-refractivity contribution in [2.24, 2.45) is 11.7 Å². The first-order chi connectivity index (χ1) is 11.5. The van der Waals surface area contributed by atoms with Gasteiger partial charge >= 0.3 is 0 Å². The third-order valence-corrected chi connectivity index (χ3v) is 6.73. The van der Waals surface area contributed by atoms with Crippen LogP contribution in [-0.4, -0.2) is 45.4 Å². The van der Waals surface area contributed by atoms with Crippen LogP contribution < -0.4 is 10.0 Å². The molecule has 0 aromatic heterocycles. The lowest BCUT2D eigenvalue weighted by Crippen LogP contribution is -2.41. The molecule has 0 aliphatic carbocycles. The van der Waals surface area contributed by atoms with Crippen LogP contribution in [-0.2, 0) is 14.8 Å². The number of carbonyl (C=O) groups is 1. The number of nitrogens with zero attached hydrogens (tertiary/aromatic N) is 2. The van der Waals surface area contributed by atoms with Gasteiger partial charge in [-0.05, 0) is 36.4 Å². The summed E-state index contributed by atoms with van der Waals surface area (Å²) in [6, 6.07) is 10.7. The lowest BCUT2D eigenvalue weighted by Gasteiger charge is -2.22. The highest BCUT2D eigenvalue weighted by molar-refractivity contribution is 7.93. The van der Waals surface area contributed by atoms with Gasteiger partial charge in [-0.3, -0.25) is 9.10 Å². The number of hydrogen-bond donors (Lipinski definition) is 1. The zero-order valence-electron chi connectivity index (χ0n) is 13.6. The standard InChI is InChI=1S/C17H19N3O3S.ClH/c18-9-12-7-8-19(10-12)16(21)11-20-14-5-1-3-13-4-2-6-15(17(13)14)24(20,22)23;/h1-6,12H,7-11,18H2;1H. The van der Waals surface area contributed by atoms with E-state index in [0.29, 0.717) is 36.6 Å². The van der Waals surface area contributed by atoms with Crippen molar-refractivity contribution in [1.82, 2.24) is 4.90 Å². The Labute approximate surface area is 153 Å². The molecule has 2 N–H and O–H groups in total. The van der Waals surface area contributed by atoms with E-state index in [2.05, 4.69) is 0 Å². The molecule has 1 amide bonds. The summed E-state index contributed by atoms with van der Waals surface area (Å²) in [5, 5.41) is 1.57. The highest BCUT2D eigenvalue weighted by atomic mass is 35.5. The quantitative estimate of drug-likeness (QED) is 0.874. The summed E-state index contributed by atoms with van der Waals surface area (Å²) in [6.45, 7) is 1.65. The van der Waals surface area contributed by atoms with Crippen molar-refractivity contribution in [1.29, 1.82) is 0 Å². The number of halogens is 1. The van der Waals surface area contributed by atoms with Crippen LogP contribution in [0.5, 0.6) is 0 Å². The second kappa shape index (κ2) is 6.48. The highest BCUT2D eigenvalue weighted by Crippen LogP contribution is 2.41. The Morgan fingerprint density at radius 2 is 1.92 bits per heavy atom. The van der Waals surface area contributed by atoms with Crippen LogP contribution in [0.2, 0.25) is 0 Å². The Morgan fingerprint density at radius 1 is 1.20 bits per heavy atom. The Kier molecular flexibility index (Phi) is 4.66. The van der Waals surface area contributed by atoms with E-state index in [9.17, 15) is 13.2 Å². The highest BCUT2D eigenvalue weighted by Gasteiger charge is 2.38. The molecule has 1 saturated heterocycles. The molecule has 4 rings (SSSR count). The maximum absolute atomic E-state index is 12.9. The first kappa shape index (κ1) is 18.0. The molecule has 0 bridgehead atoms. The van der Waals surface area contributed by atoms with E-state index < -0.39 is 10.0 Å². The Morgan fingerprint density at radius 3 is 2.60 bits per heavy atom. The third kappa shape index (κ3) is 2.76. The molecule has 2 aromatic rings. The molecule has 134 valence electrons. The minimum atomic E-state index is -3.68. The van der Waals surface area contributed by atoms with Gasteiger partial charge in [0.05, 0.1) is 10.6 Å². The fraction of sp³-hybridized carbons (Fsp3) is 0.353. The molecular weight excluding hydrogens is 362 g/mol. The van der Waals surface area contributed by atoms with Crippen molar-refractivity contribution in [2.75, 3.05) is 30.5 Å². The number of benzene rings is 2. The molecule has 0 radical (unpaired) electrons. The van der Waals surface area contributed by atoms with E-state index in [1.54, 1.807) is 23.1 Å². The van der Waals surface area contributed by atoms with Crippen LogP contribution in [0.1, 0.15) is 6.42 Å². The number of rotatable bonds is 3. The second-order valence-electron chi connectivity index (χ2n) is 6.37. The van der Waals surface area contributed by atoms with E-state index in [1.165, 1.54) is 4.31 Å². The van der Waals surface area contributed by atoms with E-state index in [4.69, 9.17) is 5.73 Å². The van der Waals surface area contributed by atoms with Crippen LogP contribution in [0.15, 0.2) is 41.3 Å². The van der Waals surface area contributed by atoms with Crippen LogP contribution in [0, 0.1) is 5.92 Å². The fourth-order valence-electron chi connectivity index (χ4n) is 3.60. The average Bonchev–Trinajstić information content (AvgIpc) is 3.14. The van der Waals surface area contributed by atoms with Crippen molar-refractivity contribution in [3.8, 4) is 0 Å². The van der Waals surface area contributed by atoms with Crippen molar-refractivity contribution >= 4 is 44.8 Å². The summed E-state index contributed by atoms with van der Waals surface area (Å²) in [5.74, 6) is 0.143. The summed E-state index contributed by atoms with van der Waals surface area (Å²) >= 11 is 0. The van der Waals surface area contributed by atoms with Gasteiger partial charge in [0.15, 0.2) is 0 Å². The molecule has 0 spiro atoms. The largest absolute Gasteiger partial charge is 0.341 e. The van der Waals surface area contributed by atoms with Gasteiger partial charge in [0.1, 0.15) is 6.54 Å². The first-order valence-corrected chi connectivity index (χ1v) is 9.48. The van der Waals surface area contributed by atoms with E-state index in [0.717, 1.165) is 11.8 Å². The van der Waals surface area contributed by atoms with E-state index >= 15 is 0 Å². The number of amides is 1. The molecule has 0 saturated carbocycles. The van der Waals surface area contributed by atoms with Gasteiger partial charge in [0, 0.05) is 18.5 Å². The predicted molar refractivity (Wildman–Crippen MR) is 99.5 cm³/mol. The molecule has 1 unspecified atom stereocenters. The average molecular weight is 382 g/mol. The number of nitrogens with two attached hydrogens (primary N) is 1. The molecule has 2 aliphatic heterocycles. The summed E-state index contributed by atoms with van der Waals surface area (Å²) in [6.07, 6.45) is 0.880. The molecule has 2 heterocycles. The molecule has 1 fully saturated rings. The Hall–Kier alpha value is -1.83. The molecule has 8 heteroatoms. The maximum atomic E-state index is 12.9. The van der Waals surface area contributed by atoms with Crippen molar-refractivity contribution in [3.05, 3.63) is 36.4 Å². The topological polar surface area (TPSA) is 83.7 Å². The number of hydrogen-bond acceptors (Lipinski definition) is 4. The third-order valence-electron chi connectivity index (χ3n) is 4.93. The number of anilines is 1. The van der Waals surface area contributed by atoms with Crippen molar-refractivity contribution < 1.29 is 13.2 Å². The number of sulfonamides is 1. The molecule has 6 nitrogen and oxygen atoms in total. The fourth-order valence-corrected chi connectivity index (χ4v) is 5.26. The Balaban J connectivity index is 0.00000182. The second-order valence-corrected chi connectivity index (χ2v) is 8.20. The normalized spacial score (nSPS) is 20.8. The van der Waals surface area contributed by atoms with Gasteiger partial charge in [-0.2, -0.15) is 0 Å². The smallest absolute Gasteiger partial charge is 0.265 e. The zero-order valence-corrected chi connectivity index (χ0v) is 15.2. The monoisotopic (exact) mass is 381 g/mol. The van der Waals surface area contributed by atoms with Crippen LogP contribution in [0.25, 0.3) is 10.8 Å². The summed E-state index contributed by atoms with van der Waals surface area (Å²) in [7, 11) is -3.68. The molecule has 2 aliphatic rings. The van der Waals surface area contributed by atoms with Crippen molar-refractivity contribution in [3.63, 3.8) is 0 Å². The molecule has 25 heavy (non-hydrogen) atoms. The van der Waals surface area contributed by atoms with Crippen LogP contribution >= 0.6 is 12.4 Å². The Bertz CT molecular complexity index is 927. The van der Waals surface area contributed by atoms with Gasteiger partial charge in [-0.25, -0.2) is 8.42 Å². The SMILES string of the molecule is Cl.NCC1CCN(C(=O)CN2c3cccc4cccc(c34)S2(=O)=O)C1. The van der Waals surface area contributed by atoms with Gasteiger partial charge in [-0.15, -0.1) is 12.4 Å². The molecular formula is C17H20ClN3O3S. The van der Waals surface area contributed by atoms with Gasteiger partial charge in [-0.1, -0.05) is 24.3 Å². The summed E-state index contributed by atoms with van der Waals surface area (Å²) < 4.78 is 27.0. The maximum Gasteiger partial charge on any atom is 0.265 e. The van der Waals surface area contributed by atoms with E-state index in [-0.39, 0.29) is 29.8 Å². The van der Waals surface area contributed by atoms with Gasteiger partial charge in [0.2, 0.25) is 5.91 Å². The van der Waals surface area contributed by atoms with Crippen LogP contribution in [0.3, 0.4) is 0 Å². The minimum Gasteiger partial charge on any atom is -0.341 e. The first-order valence-electron chi connectivity index (χ1n) is 8.04. The van der Waals surface area contributed by atoms with E-state index in [1.807, 2.05) is 18.2 Å². The number of likely N-dealkylation sites (tertiary alicyclic amines) is 1. The number of carbonyl (C=O) groups excluding carboxylic acids is 1. The summed E-state index contributed by atoms with van der Waals surface area (Å²) in [4.78, 5) is 14.6. The van der Waals surface area contributed by atoms with Gasteiger partial charge in [0.25, 0.3) is 10.0 Å². The zero-order chi connectivity index (χ0) is 16.9. The predicted octanol–water partition coefficient (Wildman–Crippen LogP) is 1.58. The molecule has 2 aromatic carbocycles. The van der Waals surface area contributed by atoms with Gasteiger partial charge < -0.3 is 10.6 Å². The minimum absolute atomic E-state index is 0. The lowest BCUT2D eigenvalue weighted by molar-refractivity contribution is -0.128. The lowest BCUT2D eigenvalue weighted by atomic mass is 10.1. The summed E-state index contributed by atoms with van der Waals surface area (Å²) in [5.41, 5.74) is 6.26. The molecule has 1 atom stereocenters. The van der Waals surface area contributed by atoms with Crippen LogP contribution in [0.4, 0.5) is 5.69 Å².